The number of anilines is 1. The Morgan fingerprint density at radius 3 is 2.67 bits per heavy atom. The van der Waals surface area contributed by atoms with Crippen molar-refractivity contribution >= 4 is 39.7 Å². The van der Waals surface area contributed by atoms with Crippen molar-refractivity contribution in [2.24, 2.45) is 0 Å². The number of aromatic nitrogens is 1. The summed E-state index contributed by atoms with van der Waals surface area (Å²) in [7, 11) is 0. The topological polar surface area (TPSA) is 79.3 Å². The third kappa shape index (κ3) is 4.54. The van der Waals surface area contributed by atoms with Crippen molar-refractivity contribution in [3.63, 3.8) is 0 Å². The summed E-state index contributed by atoms with van der Waals surface area (Å²) in [5, 5.41) is 11.3. The number of carboxylic acid groups (broad SMARTS) is 1. The highest BCUT2D eigenvalue weighted by atomic mass is 79.9. The van der Waals surface area contributed by atoms with Crippen LogP contribution in [0.3, 0.4) is 0 Å². The van der Waals surface area contributed by atoms with E-state index >= 15 is 0 Å². The molecule has 0 bridgehead atoms. The third-order valence-electron chi connectivity index (χ3n) is 2.54. The summed E-state index contributed by atoms with van der Waals surface area (Å²) < 4.78 is 0.927. The number of pyridine rings is 1. The van der Waals surface area contributed by atoms with E-state index in [-0.39, 0.29) is 11.5 Å². The van der Waals surface area contributed by atoms with Crippen LogP contribution in [0.2, 0.25) is 0 Å². The number of carboxylic acids is 1. The summed E-state index contributed by atoms with van der Waals surface area (Å²) in [5.74, 6) is -1.11. The zero-order chi connectivity index (χ0) is 15.2. The average molecular weight is 347 g/mol. The fourth-order valence-corrected chi connectivity index (χ4v) is 1.96. The number of hydrogen-bond acceptors (Lipinski definition) is 3. The Morgan fingerprint density at radius 1 is 1.24 bits per heavy atom. The number of nitrogens with one attached hydrogen (secondary N) is 1. The highest BCUT2D eigenvalue weighted by molar-refractivity contribution is 9.10. The molecular formula is C15H11BrN2O3. The van der Waals surface area contributed by atoms with E-state index in [1.807, 2.05) is 24.3 Å². The van der Waals surface area contributed by atoms with Crippen LogP contribution >= 0.6 is 15.9 Å². The maximum atomic E-state index is 11.7. The number of carbonyl (C=O) groups is 2. The summed E-state index contributed by atoms with van der Waals surface area (Å²) in [4.78, 5) is 26.3. The number of benzene rings is 1. The van der Waals surface area contributed by atoms with Crippen LogP contribution in [0.25, 0.3) is 6.08 Å². The van der Waals surface area contributed by atoms with Gasteiger partial charge in [-0.05, 0) is 35.9 Å². The van der Waals surface area contributed by atoms with Gasteiger partial charge in [-0.15, -0.1) is 0 Å². The normalized spacial score (nSPS) is 10.5. The molecule has 0 unspecified atom stereocenters. The molecule has 2 N–H and O–H groups in total. The lowest BCUT2D eigenvalue weighted by molar-refractivity contribution is -0.111. The fraction of sp³-hybridized carbons (Fsp3) is 0. The van der Waals surface area contributed by atoms with Crippen LogP contribution in [0.1, 0.15) is 15.9 Å². The van der Waals surface area contributed by atoms with E-state index in [0.717, 1.165) is 10.0 Å². The van der Waals surface area contributed by atoms with Crippen molar-refractivity contribution in [3.05, 3.63) is 64.3 Å². The number of nitrogens with zero attached hydrogens (tertiary/aromatic N) is 1. The summed E-state index contributed by atoms with van der Waals surface area (Å²) >= 11 is 3.35. The second kappa shape index (κ2) is 6.81. The first-order valence-corrected chi connectivity index (χ1v) is 6.78. The number of halogens is 1. The summed E-state index contributed by atoms with van der Waals surface area (Å²) in [5.41, 5.74) is 0.950. The molecule has 6 heteroatoms. The molecule has 0 aliphatic heterocycles. The Labute approximate surface area is 129 Å². The molecular weight excluding hydrogens is 336 g/mol. The summed E-state index contributed by atoms with van der Waals surface area (Å²) in [6.07, 6.45) is 4.25. The lowest BCUT2D eigenvalue weighted by Crippen LogP contribution is -2.09. The molecule has 0 aliphatic carbocycles. The Hall–Kier alpha value is -2.47. The van der Waals surface area contributed by atoms with Gasteiger partial charge in [-0.2, -0.15) is 0 Å². The molecule has 106 valence electrons. The van der Waals surface area contributed by atoms with Crippen molar-refractivity contribution in [2.75, 3.05) is 5.32 Å². The smallest absolute Gasteiger partial charge is 0.337 e. The predicted molar refractivity (Wildman–Crippen MR) is 83.0 cm³/mol. The molecule has 1 aromatic carbocycles. The molecule has 5 nitrogen and oxygen atoms in total. The maximum absolute atomic E-state index is 11.7. The number of carbonyl (C=O) groups excluding carboxylic acids is 1. The van der Waals surface area contributed by atoms with Gasteiger partial charge in [-0.25, -0.2) is 9.78 Å². The van der Waals surface area contributed by atoms with Gasteiger partial charge in [-0.3, -0.25) is 4.79 Å². The molecule has 0 radical (unpaired) electrons. The van der Waals surface area contributed by atoms with Crippen LogP contribution in [-0.4, -0.2) is 22.0 Å². The van der Waals surface area contributed by atoms with Gasteiger partial charge in [0.15, 0.2) is 0 Å². The lowest BCUT2D eigenvalue weighted by Gasteiger charge is -2.01. The van der Waals surface area contributed by atoms with Crippen molar-refractivity contribution in [3.8, 4) is 0 Å². The van der Waals surface area contributed by atoms with Gasteiger partial charge in [0.25, 0.3) is 0 Å². The van der Waals surface area contributed by atoms with Gasteiger partial charge in [0.1, 0.15) is 5.82 Å². The van der Waals surface area contributed by atoms with Crippen molar-refractivity contribution in [1.82, 2.24) is 4.98 Å². The van der Waals surface area contributed by atoms with Gasteiger partial charge in [0.05, 0.1) is 5.56 Å². The van der Waals surface area contributed by atoms with Crippen LogP contribution < -0.4 is 5.32 Å². The molecule has 0 saturated carbocycles. The molecule has 0 atom stereocenters. The third-order valence-corrected chi connectivity index (χ3v) is 3.03. The standard InChI is InChI=1S/C15H11BrN2O3/c16-12-3-1-2-10(8-12)4-7-14(19)18-13-6-5-11(9-17-13)15(20)21/h1-9H,(H,20,21)(H,17,18,19). The van der Waals surface area contributed by atoms with Crippen molar-refractivity contribution < 1.29 is 14.7 Å². The van der Waals surface area contributed by atoms with Crippen molar-refractivity contribution in [2.45, 2.75) is 0 Å². The highest BCUT2D eigenvalue weighted by Crippen LogP contribution is 2.13. The maximum Gasteiger partial charge on any atom is 0.337 e. The van der Waals surface area contributed by atoms with Crippen LogP contribution in [0, 0.1) is 0 Å². The Bertz CT molecular complexity index is 696. The second-order valence-corrected chi connectivity index (χ2v) is 5.03. The molecule has 1 heterocycles. The molecule has 21 heavy (non-hydrogen) atoms. The van der Waals surface area contributed by atoms with Gasteiger partial charge >= 0.3 is 5.97 Å². The molecule has 1 amide bonds. The first kappa shape index (κ1) is 14.9. The molecule has 1 aromatic heterocycles. The SMILES string of the molecule is O=C(C=Cc1cccc(Br)c1)Nc1ccc(C(=O)O)cn1. The summed E-state index contributed by atoms with van der Waals surface area (Å²) in [6, 6.07) is 10.3. The lowest BCUT2D eigenvalue weighted by atomic mass is 10.2. The van der Waals surface area contributed by atoms with Gasteiger partial charge in [0, 0.05) is 16.7 Å². The molecule has 0 saturated heterocycles. The average Bonchev–Trinajstić information content (AvgIpc) is 2.46. The Kier molecular flexibility index (Phi) is 4.84. The van der Waals surface area contributed by atoms with Crippen molar-refractivity contribution in [1.29, 1.82) is 0 Å². The van der Waals surface area contributed by atoms with E-state index in [9.17, 15) is 9.59 Å². The van der Waals surface area contributed by atoms with E-state index in [1.165, 1.54) is 24.4 Å². The van der Waals surface area contributed by atoms with E-state index < -0.39 is 5.97 Å². The van der Waals surface area contributed by atoms with Gasteiger partial charge in [-0.1, -0.05) is 28.1 Å². The number of aromatic carboxylic acids is 1. The quantitative estimate of drug-likeness (QED) is 0.833. The van der Waals surface area contributed by atoms with E-state index in [2.05, 4.69) is 26.2 Å². The second-order valence-electron chi connectivity index (χ2n) is 4.11. The first-order valence-electron chi connectivity index (χ1n) is 5.98. The Balaban J connectivity index is 1.99. The minimum absolute atomic E-state index is 0.0673. The molecule has 2 aromatic rings. The van der Waals surface area contributed by atoms with E-state index in [0.29, 0.717) is 5.82 Å². The van der Waals surface area contributed by atoms with Crippen LogP contribution in [0.4, 0.5) is 5.82 Å². The zero-order valence-electron chi connectivity index (χ0n) is 10.8. The first-order chi connectivity index (χ1) is 10.0. The van der Waals surface area contributed by atoms with E-state index in [1.54, 1.807) is 6.08 Å². The molecule has 0 fully saturated rings. The number of amides is 1. The number of rotatable bonds is 4. The fourth-order valence-electron chi connectivity index (χ4n) is 1.54. The van der Waals surface area contributed by atoms with Gasteiger partial charge < -0.3 is 10.4 Å². The minimum Gasteiger partial charge on any atom is -0.478 e. The van der Waals surface area contributed by atoms with E-state index in [4.69, 9.17) is 5.11 Å². The summed E-state index contributed by atoms with van der Waals surface area (Å²) in [6.45, 7) is 0. The monoisotopic (exact) mass is 346 g/mol. The predicted octanol–water partition coefficient (Wildman–Crippen LogP) is 3.19. The number of hydrogen-bond donors (Lipinski definition) is 2. The van der Waals surface area contributed by atoms with Gasteiger partial charge in [0.2, 0.25) is 5.91 Å². The minimum atomic E-state index is -1.06. The molecule has 2 rings (SSSR count). The van der Waals surface area contributed by atoms with Crippen LogP contribution in [-0.2, 0) is 4.79 Å². The Morgan fingerprint density at radius 2 is 2.05 bits per heavy atom. The zero-order valence-corrected chi connectivity index (χ0v) is 12.4. The molecule has 0 aliphatic rings. The highest BCUT2D eigenvalue weighted by Gasteiger charge is 2.04. The molecule has 0 spiro atoms. The van der Waals surface area contributed by atoms with Crippen LogP contribution in [0.5, 0.6) is 0 Å². The van der Waals surface area contributed by atoms with Crippen LogP contribution in [0.15, 0.2) is 53.1 Å². The largest absolute Gasteiger partial charge is 0.478 e.